The average molecular weight is 225 g/mol. The first-order chi connectivity index (χ1) is 7.86. The fourth-order valence-corrected chi connectivity index (χ4v) is 2.44. The molecule has 0 amide bonds. The van der Waals surface area contributed by atoms with Crippen molar-refractivity contribution in [3.63, 3.8) is 0 Å². The molecule has 1 saturated heterocycles. The zero-order valence-electron chi connectivity index (χ0n) is 9.99. The molecular formula is C13H23NO2. The molecule has 0 saturated carbocycles. The molecule has 2 aliphatic rings. The first-order valence-electron chi connectivity index (χ1n) is 6.54. The summed E-state index contributed by atoms with van der Waals surface area (Å²) in [6.45, 7) is 1.79. The number of hydrogen-bond acceptors (Lipinski definition) is 3. The van der Waals surface area contributed by atoms with Crippen molar-refractivity contribution >= 4 is 0 Å². The normalized spacial score (nSPS) is 28.1. The van der Waals surface area contributed by atoms with Crippen molar-refractivity contribution < 1.29 is 9.47 Å². The quantitative estimate of drug-likeness (QED) is 0.798. The van der Waals surface area contributed by atoms with Crippen molar-refractivity contribution in [2.75, 3.05) is 13.2 Å². The smallest absolute Gasteiger partial charge is 0.0876 e. The first kappa shape index (κ1) is 11.9. The Balaban J connectivity index is 1.69. The number of rotatable bonds is 4. The Kier molecular flexibility index (Phi) is 4.67. The van der Waals surface area contributed by atoms with Crippen LogP contribution in [-0.4, -0.2) is 25.4 Å². The van der Waals surface area contributed by atoms with Gasteiger partial charge in [0.15, 0.2) is 0 Å². The molecule has 0 bridgehead atoms. The fourth-order valence-electron chi connectivity index (χ4n) is 2.44. The lowest BCUT2D eigenvalue weighted by Crippen LogP contribution is -2.28. The third-order valence-electron chi connectivity index (χ3n) is 3.51. The van der Waals surface area contributed by atoms with Gasteiger partial charge in [0.05, 0.1) is 19.0 Å². The number of ether oxygens (including phenoxy) is 2. The molecule has 0 aliphatic carbocycles. The summed E-state index contributed by atoms with van der Waals surface area (Å²) in [5, 5.41) is 0. The maximum Gasteiger partial charge on any atom is 0.0876 e. The number of hydrogen-bond donors (Lipinski definition) is 1. The third-order valence-corrected chi connectivity index (χ3v) is 3.51. The SMILES string of the molecule is NC(CCC1CCCCO1)C1=COCCC1. The summed E-state index contributed by atoms with van der Waals surface area (Å²) in [5.41, 5.74) is 7.44. The van der Waals surface area contributed by atoms with Gasteiger partial charge in [-0.25, -0.2) is 0 Å². The van der Waals surface area contributed by atoms with E-state index in [1.165, 1.54) is 24.8 Å². The van der Waals surface area contributed by atoms with Crippen molar-refractivity contribution in [1.82, 2.24) is 0 Å². The molecule has 2 rings (SSSR count). The molecule has 2 aliphatic heterocycles. The molecule has 3 heteroatoms. The minimum atomic E-state index is 0.172. The Hall–Kier alpha value is -0.540. The molecule has 0 spiro atoms. The van der Waals surface area contributed by atoms with Crippen molar-refractivity contribution in [2.45, 2.75) is 57.1 Å². The van der Waals surface area contributed by atoms with Crippen LogP contribution in [0.3, 0.4) is 0 Å². The van der Waals surface area contributed by atoms with Crippen molar-refractivity contribution in [2.24, 2.45) is 5.73 Å². The van der Waals surface area contributed by atoms with Gasteiger partial charge in [-0.15, -0.1) is 0 Å². The molecule has 2 heterocycles. The largest absolute Gasteiger partial charge is 0.501 e. The van der Waals surface area contributed by atoms with E-state index in [2.05, 4.69) is 0 Å². The van der Waals surface area contributed by atoms with Crippen LogP contribution >= 0.6 is 0 Å². The maximum absolute atomic E-state index is 6.16. The molecule has 2 N–H and O–H groups in total. The molecule has 3 nitrogen and oxygen atoms in total. The summed E-state index contributed by atoms with van der Waals surface area (Å²) >= 11 is 0. The molecule has 16 heavy (non-hydrogen) atoms. The van der Waals surface area contributed by atoms with Crippen LogP contribution in [0.1, 0.15) is 44.9 Å². The lowest BCUT2D eigenvalue weighted by molar-refractivity contribution is 0.00946. The van der Waals surface area contributed by atoms with Crippen LogP contribution < -0.4 is 5.73 Å². The van der Waals surface area contributed by atoms with Crippen LogP contribution in [0.5, 0.6) is 0 Å². The fraction of sp³-hybridized carbons (Fsp3) is 0.846. The first-order valence-corrected chi connectivity index (χ1v) is 6.54. The van der Waals surface area contributed by atoms with Crippen LogP contribution in [0.2, 0.25) is 0 Å². The van der Waals surface area contributed by atoms with E-state index in [9.17, 15) is 0 Å². The predicted octanol–water partition coefficient (Wildman–Crippen LogP) is 2.36. The summed E-state index contributed by atoms with van der Waals surface area (Å²) < 4.78 is 11.0. The van der Waals surface area contributed by atoms with Gasteiger partial charge in [0.25, 0.3) is 0 Å². The van der Waals surface area contributed by atoms with E-state index >= 15 is 0 Å². The topological polar surface area (TPSA) is 44.5 Å². The second kappa shape index (κ2) is 6.26. The summed E-state index contributed by atoms with van der Waals surface area (Å²) in [4.78, 5) is 0. The Morgan fingerprint density at radius 1 is 1.31 bits per heavy atom. The third kappa shape index (κ3) is 3.49. The Morgan fingerprint density at radius 2 is 2.25 bits per heavy atom. The van der Waals surface area contributed by atoms with Gasteiger partial charge in [0, 0.05) is 12.6 Å². The van der Waals surface area contributed by atoms with Crippen LogP contribution in [0.15, 0.2) is 11.8 Å². The van der Waals surface area contributed by atoms with E-state index in [0.717, 1.165) is 38.9 Å². The molecule has 0 aromatic carbocycles. The van der Waals surface area contributed by atoms with Crippen LogP contribution in [-0.2, 0) is 9.47 Å². The van der Waals surface area contributed by atoms with E-state index in [0.29, 0.717) is 6.10 Å². The van der Waals surface area contributed by atoms with E-state index < -0.39 is 0 Å². The van der Waals surface area contributed by atoms with Gasteiger partial charge < -0.3 is 15.2 Å². The zero-order chi connectivity index (χ0) is 11.2. The van der Waals surface area contributed by atoms with Crippen LogP contribution in [0.25, 0.3) is 0 Å². The standard InChI is InChI=1S/C13H23NO2/c14-13(11-4-3-8-15-10-11)7-6-12-5-1-2-9-16-12/h10,12-13H,1-9,14H2. The summed E-state index contributed by atoms with van der Waals surface area (Å²) in [5.74, 6) is 0. The summed E-state index contributed by atoms with van der Waals surface area (Å²) in [6, 6.07) is 0.172. The molecule has 92 valence electrons. The van der Waals surface area contributed by atoms with Crippen molar-refractivity contribution in [3.8, 4) is 0 Å². The van der Waals surface area contributed by atoms with Gasteiger partial charge >= 0.3 is 0 Å². The highest BCUT2D eigenvalue weighted by Crippen LogP contribution is 2.21. The van der Waals surface area contributed by atoms with Gasteiger partial charge in [-0.05, 0) is 50.5 Å². The van der Waals surface area contributed by atoms with Gasteiger partial charge in [0.1, 0.15) is 0 Å². The van der Waals surface area contributed by atoms with Gasteiger partial charge in [0.2, 0.25) is 0 Å². The molecule has 0 radical (unpaired) electrons. The van der Waals surface area contributed by atoms with Crippen LogP contribution in [0, 0.1) is 0 Å². The molecule has 2 atom stereocenters. The minimum absolute atomic E-state index is 0.172. The average Bonchev–Trinajstić information content (AvgIpc) is 2.38. The van der Waals surface area contributed by atoms with Crippen LogP contribution in [0.4, 0.5) is 0 Å². The number of nitrogens with two attached hydrogens (primary N) is 1. The van der Waals surface area contributed by atoms with E-state index in [1.54, 1.807) is 0 Å². The maximum atomic E-state index is 6.16. The van der Waals surface area contributed by atoms with E-state index in [4.69, 9.17) is 15.2 Å². The molecule has 0 aromatic rings. The van der Waals surface area contributed by atoms with Gasteiger partial charge in [-0.3, -0.25) is 0 Å². The highest BCUT2D eigenvalue weighted by Gasteiger charge is 2.18. The van der Waals surface area contributed by atoms with Crippen molar-refractivity contribution in [1.29, 1.82) is 0 Å². The second-order valence-electron chi connectivity index (χ2n) is 4.84. The Morgan fingerprint density at radius 3 is 2.94 bits per heavy atom. The molecular weight excluding hydrogens is 202 g/mol. The molecule has 0 aromatic heterocycles. The van der Waals surface area contributed by atoms with E-state index in [1.807, 2.05) is 6.26 Å². The molecule has 1 fully saturated rings. The summed E-state index contributed by atoms with van der Waals surface area (Å²) in [6.07, 6.45) is 10.4. The zero-order valence-corrected chi connectivity index (χ0v) is 9.99. The van der Waals surface area contributed by atoms with Gasteiger partial charge in [-0.1, -0.05) is 0 Å². The highest BCUT2D eigenvalue weighted by molar-refractivity contribution is 5.08. The predicted molar refractivity (Wildman–Crippen MR) is 64.1 cm³/mol. The van der Waals surface area contributed by atoms with Crippen molar-refractivity contribution in [3.05, 3.63) is 11.8 Å². The Labute approximate surface area is 98.0 Å². The summed E-state index contributed by atoms with van der Waals surface area (Å²) in [7, 11) is 0. The van der Waals surface area contributed by atoms with Gasteiger partial charge in [-0.2, -0.15) is 0 Å². The van der Waals surface area contributed by atoms with E-state index in [-0.39, 0.29) is 6.04 Å². The minimum Gasteiger partial charge on any atom is -0.501 e. The lowest BCUT2D eigenvalue weighted by Gasteiger charge is -2.25. The second-order valence-corrected chi connectivity index (χ2v) is 4.84. The lowest BCUT2D eigenvalue weighted by atomic mass is 9.95. The monoisotopic (exact) mass is 225 g/mol. The Bertz CT molecular complexity index is 234. The highest BCUT2D eigenvalue weighted by atomic mass is 16.5. The molecule has 2 unspecified atom stereocenters.